The van der Waals surface area contributed by atoms with Crippen molar-refractivity contribution in [1.29, 1.82) is 0 Å². The van der Waals surface area contributed by atoms with Gasteiger partial charge in [-0.25, -0.2) is 0 Å². The molecule has 102 valence electrons. The molecule has 0 aromatic heterocycles. The van der Waals surface area contributed by atoms with Crippen LogP contribution >= 0.6 is 11.6 Å². The molecular formula is C13H10ClF3O2. The zero-order valence-corrected chi connectivity index (χ0v) is 10.6. The van der Waals surface area contributed by atoms with E-state index in [4.69, 9.17) is 16.3 Å². The van der Waals surface area contributed by atoms with E-state index in [2.05, 4.69) is 6.58 Å². The van der Waals surface area contributed by atoms with Crippen LogP contribution in [0.25, 0.3) is 6.08 Å². The third-order valence-corrected chi connectivity index (χ3v) is 2.95. The molecule has 2 rings (SSSR count). The molecule has 1 aromatic carbocycles. The Morgan fingerprint density at radius 1 is 1.42 bits per heavy atom. The van der Waals surface area contributed by atoms with Crippen molar-refractivity contribution in [3.05, 3.63) is 46.2 Å². The molecule has 1 aliphatic rings. The van der Waals surface area contributed by atoms with Crippen molar-refractivity contribution >= 4 is 17.7 Å². The second kappa shape index (κ2) is 4.49. The van der Waals surface area contributed by atoms with E-state index in [1.54, 1.807) is 6.92 Å². The number of alkyl halides is 3. The summed E-state index contributed by atoms with van der Waals surface area (Å²) in [5.41, 5.74) is 0.466. The fraction of sp³-hybridized carbons (Fsp3) is 0.231. The van der Waals surface area contributed by atoms with Gasteiger partial charge in [-0.05, 0) is 30.7 Å². The number of halogens is 4. The summed E-state index contributed by atoms with van der Waals surface area (Å²) in [6.45, 7) is 4.74. The highest BCUT2D eigenvalue weighted by molar-refractivity contribution is 6.30. The fourth-order valence-electron chi connectivity index (χ4n) is 1.93. The summed E-state index contributed by atoms with van der Waals surface area (Å²) in [5.74, 6) is -0.567. The Morgan fingerprint density at radius 2 is 2.05 bits per heavy atom. The molecule has 0 bridgehead atoms. The standard InChI is InChI=1S/C13H10ClF3O2/c1-6-3-9(14)4-8-5-10(7(2)18)12(13(15,16)17)19-11(6)8/h3-5,12,18H,2H2,1H3/t12-/m0/s1. The topological polar surface area (TPSA) is 29.5 Å². The molecule has 1 atom stereocenters. The van der Waals surface area contributed by atoms with Crippen LogP contribution in [-0.2, 0) is 0 Å². The lowest BCUT2D eigenvalue weighted by atomic mass is 9.98. The normalized spacial score (nSPS) is 18.4. The first-order valence-electron chi connectivity index (χ1n) is 5.33. The summed E-state index contributed by atoms with van der Waals surface area (Å²) in [5, 5.41) is 9.68. The zero-order valence-electron chi connectivity index (χ0n) is 9.88. The Bertz CT molecular complexity index is 576. The van der Waals surface area contributed by atoms with Crippen molar-refractivity contribution in [3.8, 4) is 5.75 Å². The van der Waals surface area contributed by atoms with Gasteiger partial charge in [0, 0.05) is 16.2 Å². The summed E-state index contributed by atoms with van der Waals surface area (Å²) in [6, 6.07) is 2.99. The van der Waals surface area contributed by atoms with E-state index in [0.717, 1.165) is 0 Å². The number of aliphatic hydroxyl groups excluding tert-OH is 1. The van der Waals surface area contributed by atoms with Gasteiger partial charge in [-0.15, -0.1) is 0 Å². The van der Waals surface area contributed by atoms with Crippen molar-refractivity contribution in [2.45, 2.75) is 19.2 Å². The van der Waals surface area contributed by atoms with Crippen LogP contribution in [0.5, 0.6) is 5.75 Å². The van der Waals surface area contributed by atoms with Gasteiger partial charge in [-0.2, -0.15) is 13.2 Å². The van der Waals surface area contributed by atoms with Crippen molar-refractivity contribution in [2.75, 3.05) is 0 Å². The molecule has 1 aliphatic heterocycles. The van der Waals surface area contributed by atoms with Gasteiger partial charge in [0.1, 0.15) is 11.5 Å². The Kier molecular flexibility index (Phi) is 3.26. The van der Waals surface area contributed by atoms with Crippen molar-refractivity contribution in [2.24, 2.45) is 0 Å². The molecule has 19 heavy (non-hydrogen) atoms. The van der Waals surface area contributed by atoms with Crippen LogP contribution in [0.15, 0.2) is 30.0 Å². The van der Waals surface area contributed by atoms with E-state index in [-0.39, 0.29) is 5.75 Å². The molecule has 0 unspecified atom stereocenters. The van der Waals surface area contributed by atoms with Crippen LogP contribution in [0.3, 0.4) is 0 Å². The van der Waals surface area contributed by atoms with E-state index >= 15 is 0 Å². The van der Waals surface area contributed by atoms with Crippen molar-refractivity contribution < 1.29 is 23.0 Å². The first-order chi connectivity index (χ1) is 8.70. The van der Waals surface area contributed by atoms with E-state index in [0.29, 0.717) is 16.1 Å². The highest BCUT2D eigenvalue weighted by Gasteiger charge is 2.47. The lowest BCUT2D eigenvalue weighted by molar-refractivity contribution is -0.183. The second-order valence-electron chi connectivity index (χ2n) is 4.23. The molecule has 0 amide bonds. The molecule has 0 saturated heterocycles. The van der Waals surface area contributed by atoms with Gasteiger partial charge in [0.15, 0.2) is 0 Å². The van der Waals surface area contributed by atoms with Crippen LogP contribution < -0.4 is 4.74 Å². The van der Waals surface area contributed by atoms with Gasteiger partial charge in [0.25, 0.3) is 0 Å². The van der Waals surface area contributed by atoms with E-state index < -0.39 is 23.6 Å². The van der Waals surface area contributed by atoms with Crippen LogP contribution in [0, 0.1) is 6.92 Å². The first kappa shape index (κ1) is 13.8. The van der Waals surface area contributed by atoms with Gasteiger partial charge in [0.2, 0.25) is 6.10 Å². The van der Waals surface area contributed by atoms with Crippen LogP contribution in [0.4, 0.5) is 13.2 Å². The molecule has 0 fully saturated rings. The number of aliphatic hydroxyl groups is 1. The third kappa shape index (κ3) is 2.56. The molecule has 0 spiro atoms. The Morgan fingerprint density at radius 3 is 2.58 bits per heavy atom. The summed E-state index contributed by atoms with van der Waals surface area (Å²) >= 11 is 5.84. The predicted octanol–water partition coefficient (Wildman–Crippen LogP) is 4.43. The number of fused-ring (bicyclic) bond motifs is 1. The highest BCUT2D eigenvalue weighted by Crippen LogP contribution is 2.41. The number of hydrogen-bond acceptors (Lipinski definition) is 2. The Hall–Kier alpha value is -1.62. The summed E-state index contributed by atoms with van der Waals surface area (Å²) in [7, 11) is 0. The molecule has 1 N–H and O–H groups in total. The Labute approximate surface area is 112 Å². The lowest BCUT2D eigenvalue weighted by Crippen LogP contribution is -2.38. The molecule has 1 heterocycles. The van der Waals surface area contributed by atoms with Gasteiger partial charge >= 0.3 is 6.18 Å². The number of ether oxygens (including phenoxy) is 1. The van der Waals surface area contributed by atoms with Crippen LogP contribution in [0.2, 0.25) is 5.02 Å². The van der Waals surface area contributed by atoms with Crippen molar-refractivity contribution in [1.82, 2.24) is 0 Å². The predicted molar refractivity (Wildman–Crippen MR) is 66.4 cm³/mol. The number of hydrogen-bond donors (Lipinski definition) is 1. The molecule has 0 saturated carbocycles. The molecule has 0 aliphatic carbocycles. The van der Waals surface area contributed by atoms with Crippen LogP contribution in [-0.4, -0.2) is 17.4 Å². The smallest absolute Gasteiger partial charge is 0.429 e. The lowest BCUT2D eigenvalue weighted by Gasteiger charge is -2.29. The maximum absolute atomic E-state index is 12.9. The molecule has 2 nitrogen and oxygen atoms in total. The number of benzene rings is 1. The minimum Gasteiger partial charge on any atom is -0.508 e. The second-order valence-corrected chi connectivity index (χ2v) is 4.66. The zero-order chi connectivity index (χ0) is 14.4. The minimum absolute atomic E-state index is 0.108. The van der Waals surface area contributed by atoms with E-state index in [1.807, 2.05) is 0 Å². The average molecular weight is 291 g/mol. The molecule has 1 aromatic rings. The SMILES string of the molecule is C=C(O)C1=Cc2cc(Cl)cc(C)c2O[C@@H]1C(F)(F)F. The quantitative estimate of drug-likeness (QED) is 0.776. The first-order valence-corrected chi connectivity index (χ1v) is 5.71. The molecule has 0 radical (unpaired) electrons. The molecule has 6 heteroatoms. The van der Waals surface area contributed by atoms with Gasteiger partial charge in [-0.1, -0.05) is 18.2 Å². The molecular weight excluding hydrogens is 281 g/mol. The Balaban J connectivity index is 2.61. The number of rotatable bonds is 1. The summed E-state index contributed by atoms with van der Waals surface area (Å²) in [4.78, 5) is 0. The largest absolute Gasteiger partial charge is 0.508 e. The maximum Gasteiger partial charge on any atom is 0.429 e. The fourth-order valence-corrected chi connectivity index (χ4v) is 2.21. The van der Waals surface area contributed by atoms with Crippen LogP contribution in [0.1, 0.15) is 11.1 Å². The maximum atomic E-state index is 12.9. The summed E-state index contributed by atoms with van der Waals surface area (Å²) in [6.07, 6.45) is -5.67. The van der Waals surface area contributed by atoms with Gasteiger partial charge in [0.05, 0.1) is 0 Å². The monoisotopic (exact) mass is 290 g/mol. The number of aryl methyl sites for hydroxylation is 1. The van der Waals surface area contributed by atoms with Gasteiger partial charge < -0.3 is 9.84 Å². The van der Waals surface area contributed by atoms with E-state index in [1.165, 1.54) is 18.2 Å². The van der Waals surface area contributed by atoms with Gasteiger partial charge in [-0.3, -0.25) is 0 Å². The summed E-state index contributed by atoms with van der Waals surface area (Å²) < 4.78 is 43.7. The average Bonchev–Trinajstić information content (AvgIpc) is 2.25. The van der Waals surface area contributed by atoms with Crippen molar-refractivity contribution in [3.63, 3.8) is 0 Å². The third-order valence-electron chi connectivity index (χ3n) is 2.73. The van der Waals surface area contributed by atoms with E-state index in [9.17, 15) is 18.3 Å². The highest BCUT2D eigenvalue weighted by atomic mass is 35.5. The minimum atomic E-state index is -4.64.